The summed E-state index contributed by atoms with van der Waals surface area (Å²) in [6, 6.07) is -1.79. The summed E-state index contributed by atoms with van der Waals surface area (Å²) >= 11 is 0. The highest BCUT2D eigenvalue weighted by atomic mass is 19.2. The van der Waals surface area contributed by atoms with Crippen LogP contribution in [0.3, 0.4) is 0 Å². The van der Waals surface area contributed by atoms with Gasteiger partial charge in [-0.3, -0.25) is 9.59 Å². The number of carboxylic acid groups (broad SMARTS) is 1. The molecule has 1 rings (SSSR count). The smallest absolute Gasteiger partial charge is 0.322 e. The molecule has 0 saturated carbocycles. The predicted molar refractivity (Wildman–Crippen MR) is 74.9 cm³/mol. The third-order valence-electron chi connectivity index (χ3n) is 3.10. The number of rotatable bonds is 5. The molecule has 10 heteroatoms. The van der Waals surface area contributed by atoms with Crippen molar-refractivity contribution in [3.63, 3.8) is 0 Å². The number of benzene rings is 1. The number of nitrogens with two attached hydrogens (primary N) is 1. The Kier molecular flexibility index (Phi) is 6.11. The van der Waals surface area contributed by atoms with Crippen LogP contribution in [-0.4, -0.2) is 28.7 Å². The van der Waals surface area contributed by atoms with E-state index in [4.69, 9.17) is 15.6 Å². The fraction of sp³-hybridized carbons (Fsp3) is 0.467. The fourth-order valence-corrected chi connectivity index (χ4v) is 2.01. The molecule has 25 heavy (non-hydrogen) atoms. The molecule has 1 unspecified atom stereocenters. The summed E-state index contributed by atoms with van der Waals surface area (Å²) in [5, 5.41) is 9.10. The maximum atomic E-state index is 13.7. The topological polar surface area (TPSA) is 89.6 Å². The quantitative estimate of drug-likeness (QED) is 0.273. The highest BCUT2D eigenvalue weighted by Gasteiger charge is 2.38. The van der Waals surface area contributed by atoms with E-state index in [0.29, 0.717) is 0 Å². The standard InChI is InChI=1S/C15H16F5NO4/c1-15(2,3)25-14(24)7(13(22)23)6(21)4-5-8(16)10(18)12(20)11(19)9(5)17/h6-7H,4,21H2,1-3H3,(H,22,23)/t6?,7-/m0/s1. The highest BCUT2D eigenvalue weighted by molar-refractivity contribution is 5.95. The van der Waals surface area contributed by atoms with Crippen LogP contribution in [0.15, 0.2) is 0 Å². The second-order valence-corrected chi connectivity index (χ2v) is 6.27. The summed E-state index contributed by atoms with van der Waals surface area (Å²) in [6.45, 7) is 4.33. The van der Waals surface area contributed by atoms with Crippen LogP contribution < -0.4 is 5.73 Å². The largest absolute Gasteiger partial charge is 0.481 e. The van der Waals surface area contributed by atoms with Gasteiger partial charge in [0.15, 0.2) is 29.2 Å². The molecule has 0 aliphatic rings. The van der Waals surface area contributed by atoms with Gasteiger partial charge >= 0.3 is 11.9 Å². The minimum absolute atomic E-state index is 1.07. The maximum Gasteiger partial charge on any atom is 0.322 e. The third kappa shape index (κ3) is 4.65. The van der Waals surface area contributed by atoms with Crippen molar-refractivity contribution in [2.24, 2.45) is 11.7 Å². The molecule has 0 fully saturated rings. The van der Waals surface area contributed by atoms with E-state index in [1.807, 2.05) is 0 Å². The van der Waals surface area contributed by atoms with E-state index in [1.165, 1.54) is 20.8 Å². The number of ether oxygens (including phenoxy) is 1. The van der Waals surface area contributed by atoms with Crippen molar-refractivity contribution in [2.75, 3.05) is 0 Å². The average molecular weight is 369 g/mol. The normalized spacial score (nSPS) is 14.1. The van der Waals surface area contributed by atoms with Crippen LogP contribution in [0.5, 0.6) is 0 Å². The van der Waals surface area contributed by atoms with Gasteiger partial charge in [0.2, 0.25) is 5.82 Å². The first-order valence-corrected chi connectivity index (χ1v) is 6.99. The summed E-state index contributed by atoms with van der Waals surface area (Å²) < 4.78 is 71.5. The van der Waals surface area contributed by atoms with E-state index in [-0.39, 0.29) is 0 Å². The van der Waals surface area contributed by atoms with Gasteiger partial charge in [0, 0.05) is 11.6 Å². The summed E-state index contributed by atoms with van der Waals surface area (Å²) in [4.78, 5) is 23.2. The first-order valence-electron chi connectivity index (χ1n) is 6.99. The Morgan fingerprint density at radius 2 is 1.40 bits per heavy atom. The number of carbonyl (C=O) groups excluding carboxylic acids is 1. The molecule has 0 aromatic heterocycles. The lowest BCUT2D eigenvalue weighted by Gasteiger charge is -2.25. The van der Waals surface area contributed by atoms with Crippen LogP contribution in [0, 0.1) is 35.0 Å². The minimum Gasteiger partial charge on any atom is -0.481 e. The summed E-state index contributed by atoms with van der Waals surface area (Å²) in [5.41, 5.74) is 3.11. The van der Waals surface area contributed by atoms with E-state index in [0.717, 1.165) is 0 Å². The molecule has 1 aromatic rings. The molecule has 2 atom stereocenters. The number of carboxylic acids is 1. The van der Waals surface area contributed by atoms with E-state index in [1.54, 1.807) is 0 Å². The molecule has 0 spiro atoms. The Morgan fingerprint density at radius 3 is 1.76 bits per heavy atom. The zero-order valence-corrected chi connectivity index (χ0v) is 13.5. The van der Waals surface area contributed by atoms with Gasteiger partial charge in [-0.25, -0.2) is 22.0 Å². The van der Waals surface area contributed by atoms with Gasteiger partial charge in [-0.05, 0) is 27.2 Å². The van der Waals surface area contributed by atoms with Gasteiger partial charge < -0.3 is 15.6 Å². The van der Waals surface area contributed by atoms with Crippen molar-refractivity contribution in [2.45, 2.75) is 38.8 Å². The molecular formula is C15H16F5NO4. The number of aliphatic carboxylic acids is 1. The Labute approximate surface area is 139 Å². The summed E-state index contributed by atoms with van der Waals surface area (Å²) in [7, 11) is 0. The Bertz CT molecular complexity index is 673. The van der Waals surface area contributed by atoms with Crippen molar-refractivity contribution >= 4 is 11.9 Å². The zero-order valence-electron chi connectivity index (χ0n) is 13.5. The monoisotopic (exact) mass is 369 g/mol. The Hall–Kier alpha value is -2.23. The first kappa shape index (κ1) is 20.8. The van der Waals surface area contributed by atoms with Crippen molar-refractivity contribution in [1.29, 1.82) is 0 Å². The predicted octanol–water partition coefficient (Wildman–Crippen LogP) is 2.29. The number of esters is 1. The lowest BCUT2D eigenvalue weighted by Crippen LogP contribution is -2.45. The number of hydrogen-bond donors (Lipinski definition) is 2. The van der Waals surface area contributed by atoms with E-state index < -0.39 is 70.6 Å². The van der Waals surface area contributed by atoms with E-state index in [9.17, 15) is 31.5 Å². The summed E-state index contributed by atoms with van der Waals surface area (Å²) in [5.74, 6) is -16.1. The number of hydrogen-bond acceptors (Lipinski definition) is 4. The van der Waals surface area contributed by atoms with Gasteiger partial charge in [-0.1, -0.05) is 0 Å². The van der Waals surface area contributed by atoms with E-state index >= 15 is 0 Å². The molecular weight excluding hydrogens is 353 g/mol. The molecule has 3 N–H and O–H groups in total. The van der Waals surface area contributed by atoms with E-state index in [2.05, 4.69) is 0 Å². The van der Waals surface area contributed by atoms with Crippen molar-refractivity contribution < 1.29 is 41.4 Å². The molecule has 0 aliphatic carbocycles. The van der Waals surface area contributed by atoms with Gasteiger partial charge in [0.05, 0.1) is 0 Å². The SMILES string of the molecule is CC(C)(C)OC(=O)[C@H](C(=O)O)C(N)Cc1c(F)c(F)c(F)c(F)c1F. The summed E-state index contributed by atoms with van der Waals surface area (Å²) in [6.07, 6.45) is -1.08. The maximum absolute atomic E-state index is 13.7. The molecule has 5 nitrogen and oxygen atoms in total. The molecule has 0 bridgehead atoms. The molecule has 1 aromatic carbocycles. The zero-order chi connectivity index (χ0) is 19.7. The Balaban J connectivity index is 3.21. The van der Waals surface area contributed by atoms with Crippen LogP contribution in [-0.2, 0) is 20.7 Å². The van der Waals surface area contributed by atoms with Crippen LogP contribution in [0.2, 0.25) is 0 Å². The van der Waals surface area contributed by atoms with Crippen LogP contribution in [0.4, 0.5) is 22.0 Å². The molecule has 0 aliphatic heterocycles. The molecule has 0 saturated heterocycles. The van der Waals surface area contributed by atoms with Gasteiger partial charge in [-0.2, -0.15) is 0 Å². The van der Waals surface area contributed by atoms with Gasteiger partial charge in [0.25, 0.3) is 0 Å². The van der Waals surface area contributed by atoms with Crippen molar-refractivity contribution in [1.82, 2.24) is 0 Å². The lowest BCUT2D eigenvalue weighted by atomic mass is 9.93. The second kappa shape index (κ2) is 7.34. The lowest BCUT2D eigenvalue weighted by molar-refractivity contribution is -0.167. The highest BCUT2D eigenvalue weighted by Crippen LogP contribution is 2.25. The molecule has 0 heterocycles. The minimum atomic E-state index is -2.35. The molecule has 140 valence electrons. The average Bonchev–Trinajstić information content (AvgIpc) is 2.45. The number of halogens is 5. The van der Waals surface area contributed by atoms with Crippen molar-refractivity contribution in [3.05, 3.63) is 34.6 Å². The van der Waals surface area contributed by atoms with Gasteiger partial charge in [-0.15, -0.1) is 0 Å². The molecule has 0 amide bonds. The van der Waals surface area contributed by atoms with Crippen LogP contribution in [0.1, 0.15) is 26.3 Å². The van der Waals surface area contributed by atoms with Crippen LogP contribution >= 0.6 is 0 Å². The van der Waals surface area contributed by atoms with Gasteiger partial charge in [0.1, 0.15) is 5.60 Å². The fourth-order valence-electron chi connectivity index (χ4n) is 2.01. The van der Waals surface area contributed by atoms with Crippen molar-refractivity contribution in [3.8, 4) is 0 Å². The number of carbonyl (C=O) groups is 2. The van der Waals surface area contributed by atoms with Crippen LogP contribution in [0.25, 0.3) is 0 Å². The first-order chi connectivity index (χ1) is 11.3. The Morgan fingerprint density at radius 1 is 1.00 bits per heavy atom. The second-order valence-electron chi connectivity index (χ2n) is 6.27. The molecule has 0 radical (unpaired) electrons. The third-order valence-corrected chi connectivity index (χ3v) is 3.10.